The Morgan fingerprint density at radius 2 is 1.78 bits per heavy atom. The van der Waals surface area contributed by atoms with E-state index in [1.54, 1.807) is 0 Å². The van der Waals surface area contributed by atoms with Crippen LogP contribution in [0.2, 0.25) is 0 Å². The average Bonchev–Trinajstić information content (AvgIpc) is 2.70. The van der Waals surface area contributed by atoms with E-state index in [-0.39, 0.29) is 19.8 Å². The zero-order valence-corrected chi connectivity index (χ0v) is 14.9. The maximum Gasteiger partial charge on any atom is 0.509 e. The number of hydrogen-bond acceptors (Lipinski definition) is 7. The van der Waals surface area contributed by atoms with Gasteiger partial charge in [-0.05, 0) is 6.42 Å². The maximum atomic E-state index is 12.6. The maximum absolute atomic E-state index is 12.6. The number of fused-ring (bicyclic) bond motifs is 6. The first-order chi connectivity index (χ1) is 12.4. The normalized spacial score (nSPS) is 32.3. The summed E-state index contributed by atoms with van der Waals surface area (Å²) in [5.74, 6) is -2.86. The number of likely N-dealkylation sites (N-methyl/N-ethyl adjacent to an activating group) is 1. The molecule has 27 heavy (non-hydrogen) atoms. The minimum Gasteiger partial charge on any atom is -0.387 e. The van der Waals surface area contributed by atoms with Crippen LogP contribution in [0.25, 0.3) is 0 Å². The van der Waals surface area contributed by atoms with Crippen LogP contribution in [0.3, 0.4) is 0 Å². The number of carbonyl (C=O) groups excluding carboxylic acids is 2. The molecular weight excluding hydrogens is 377 g/mol. The lowest BCUT2D eigenvalue weighted by atomic mass is 9.98. The van der Waals surface area contributed by atoms with Gasteiger partial charge in [0.2, 0.25) is 0 Å². The van der Waals surface area contributed by atoms with Crippen molar-refractivity contribution in [1.82, 2.24) is 5.32 Å². The van der Waals surface area contributed by atoms with Gasteiger partial charge in [0.25, 0.3) is 5.91 Å². The highest BCUT2D eigenvalue weighted by molar-refractivity contribution is 5.81. The number of carbonyl (C=O) groups is 2. The first-order valence-corrected chi connectivity index (χ1v) is 8.39. The quantitative estimate of drug-likeness (QED) is 0.493. The Balaban J connectivity index is 1.96. The molecule has 3 N–H and O–H groups in total. The molecule has 156 valence electrons. The third kappa shape index (κ3) is 5.36. The fourth-order valence-corrected chi connectivity index (χ4v) is 2.94. The molecule has 5 unspecified atom stereocenters. The van der Waals surface area contributed by atoms with Gasteiger partial charge in [-0.2, -0.15) is 13.2 Å². The van der Waals surface area contributed by atoms with Crippen LogP contribution in [0.5, 0.6) is 0 Å². The van der Waals surface area contributed by atoms with Crippen LogP contribution >= 0.6 is 0 Å². The first-order valence-electron chi connectivity index (χ1n) is 8.39. The largest absolute Gasteiger partial charge is 0.509 e. The Labute approximate surface area is 153 Å². The lowest BCUT2D eigenvalue weighted by Gasteiger charge is -2.41. The molecule has 0 aromatic rings. The van der Waals surface area contributed by atoms with Crippen molar-refractivity contribution in [2.45, 2.75) is 43.3 Å². The van der Waals surface area contributed by atoms with E-state index in [1.807, 2.05) is 0 Å². The van der Waals surface area contributed by atoms with Gasteiger partial charge in [-0.1, -0.05) is 0 Å². The van der Waals surface area contributed by atoms with Crippen LogP contribution < -0.4 is 5.32 Å². The van der Waals surface area contributed by atoms with Crippen LogP contribution in [-0.4, -0.2) is 104 Å². The van der Waals surface area contributed by atoms with Crippen molar-refractivity contribution >= 4 is 11.8 Å². The van der Waals surface area contributed by atoms with E-state index < -0.39 is 59.7 Å². The molecule has 2 bridgehead atoms. The molecule has 2 amide bonds. The van der Waals surface area contributed by atoms with Gasteiger partial charge in [0.1, 0.15) is 24.4 Å². The zero-order valence-electron chi connectivity index (χ0n) is 14.9. The zero-order chi connectivity index (χ0) is 20.4. The van der Waals surface area contributed by atoms with Crippen LogP contribution in [0, 0.1) is 0 Å². The molecule has 0 aliphatic carbocycles. The van der Waals surface area contributed by atoms with Gasteiger partial charge in [0, 0.05) is 13.2 Å². The molecule has 0 spiro atoms. The summed E-state index contributed by atoms with van der Waals surface area (Å²) in [6, 6.07) is 0. The molecule has 3 rings (SSSR count). The molecule has 3 aliphatic heterocycles. The van der Waals surface area contributed by atoms with Gasteiger partial charge in [-0.25, -0.2) is 9.28 Å². The summed E-state index contributed by atoms with van der Waals surface area (Å²) in [5.41, 5.74) is 0. The molecule has 0 radical (unpaired) electrons. The second-order valence-electron chi connectivity index (χ2n) is 7.03. The number of aliphatic hydroxyl groups is 2. The molecular formula is C15H24F3N2O7+. The molecule has 0 aromatic heterocycles. The van der Waals surface area contributed by atoms with Crippen molar-refractivity contribution in [3.63, 3.8) is 0 Å². The Morgan fingerprint density at radius 3 is 2.41 bits per heavy atom. The third-order valence-electron chi connectivity index (χ3n) is 4.35. The summed E-state index contributed by atoms with van der Waals surface area (Å²) in [5, 5.41) is 22.5. The van der Waals surface area contributed by atoms with Gasteiger partial charge in [-0.3, -0.25) is 4.79 Å². The second-order valence-corrected chi connectivity index (χ2v) is 7.03. The van der Waals surface area contributed by atoms with Crippen molar-refractivity contribution in [3.05, 3.63) is 0 Å². The van der Waals surface area contributed by atoms with Crippen LogP contribution in [0.4, 0.5) is 13.2 Å². The van der Waals surface area contributed by atoms with Crippen LogP contribution in [0.1, 0.15) is 6.42 Å². The van der Waals surface area contributed by atoms with Gasteiger partial charge < -0.3 is 29.7 Å². The number of alkyl halides is 3. The van der Waals surface area contributed by atoms with E-state index in [9.17, 15) is 33.0 Å². The predicted molar refractivity (Wildman–Crippen MR) is 82.0 cm³/mol. The highest BCUT2D eigenvalue weighted by atomic mass is 19.4. The monoisotopic (exact) mass is 401 g/mol. The van der Waals surface area contributed by atoms with Crippen molar-refractivity contribution in [2.75, 3.05) is 40.4 Å². The molecule has 5 atom stereocenters. The second kappa shape index (κ2) is 8.37. The fraction of sp³-hybridized carbons (Fsp3) is 0.867. The molecule has 3 aliphatic rings. The van der Waals surface area contributed by atoms with Gasteiger partial charge in [0.15, 0.2) is 12.8 Å². The lowest BCUT2D eigenvalue weighted by molar-refractivity contribution is -0.811. The Bertz CT molecular complexity index is 556. The molecule has 3 heterocycles. The number of halogens is 3. The van der Waals surface area contributed by atoms with Crippen LogP contribution in [0.15, 0.2) is 0 Å². The summed E-state index contributed by atoms with van der Waals surface area (Å²) < 4.78 is 52.9. The Morgan fingerprint density at radius 1 is 1.15 bits per heavy atom. The number of quaternary nitrogens is 1. The van der Waals surface area contributed by atoms with Gasteiger partial charge in [0.05, 0.1) is 20.7 Å². The summed E-state index contributed by atoms with van der Waals surface area (Å²) in [6.45, 7) is -0.459. The first kappa shape index (κ1) is 22.0. The van der Waals surface area contributed by atoms with E-state index in [0.717, 1.165) is 14.1 Å². The van der Waals surface area contributed by atoms with Crippen molar-refractivity contribution in [3.8, 4) is 0 Å². The van der Waals surface area contributed by atoms with Gasteiger partial charge >= 0.3 is 12.1 Å². The van der Waals surface area contributed by atoms with Gasteiger partial charge in [-0.15, -0.1) is 0 Å². The van der Waals surface area contributed by atoms with Crippen molar-refractivity contribution < 1.29 is 51.7 Å². The number of aliphatic hydroxyl groups excluding tert-OH is 2. The average molecular weight is 401 g/mol. The van der Waals surface area contributed by atoms with Crippen molar-refractivity contribution in [1.29, 1.82) is 0 Å². The number of nitrogens with zero attached hydrogens (tertiary/aromatic N) is 1. The lowest BCUT2D eigenvalue weighted by Crippen LogP contribution is -2.62. The number of hydrogen-bond donors (Lipinski definition) is 3. The van der Waals surface area contributed by atoms with Crippen molar-refractivity contribution in [2.24, 2.45) is 0 Å². The summed E-state index contributed by atoms with van der Waals surface area (Å²) in [6.07, 6.45) is -10.1. The number of ether oxygens (including phenoxy) is 3. The van der Waals surface area contributed by atoms with E-state index in [4.69, 9.17) is 14.2 Å². The summed E-state index contributed by atoms with van der Waals surface area (Å²) in [4.78, 5) is 23.4. The predicted octanol–water partition coefficient (Wildman–Crippen LogP) is -1.48. The highest BCUT2D eigenvalue weighted by Gasteiger charge is 2.51. The Kier molecular flexibility index (Phi) is 6.81. The fourth-order valence-electron chi connectivity index (χ4n) is 2.94. The van der Waals surface area contributed by atoms with E-state index in [1.165, 1.54) is 0 Å². The summed E-state index contributed by atoms with van der Waals surface area (Å²) >= 11 is 0. The number of nitrogens with one attached hydrogen (secondary N) is 1. The standard InChI is InChI=1S/C15H23F3N2O7/c1-20(2,14(24)15(16,17)18)7-9(21)19-6-8-12-10(22)11(23)13(27-8)26-5-3-4-25-12/h8,10-13,22-23H,3-7H2,1-2H3/p+1. The topological polar surface area (TPSA) is 114 Å². The summed E-state index contributed by atoms with van der Waals surface area (Å²) in [7, 11) is 1.95. The van der Waals surface area contributed by atoms with E-state index in [0.29, 0.717) is 6.42 Å². The van der Waals surface area contributed by atoms with Crippen LogP contribution in [-0.2, 0) is 23.8 Å². The molecule has 0 aromatic carbocycles. The molecule has 3 fully saturated rings. The molecule has 0 saturated carbocycles. The number of rotatable bonds is 4. The third-order valence-corrected chi connectivity index (χ3v) is 4.35. The van der Waals surface area contributed by atoms with E-state index >= 15 is 0 Å². The highest BCUT2D eigenvalue weighted by Crippen LogP contribution is 2.26. The Hall–Kier alpha value is -1.31. The SMILES string of the molecule is C[N+](C)(CC(=O)NCC1OC2OCCCOC1C(O)C2O)C(=O)C(F)(F)F. The smallest absolute Gasteiger partial charge is 0.387 e. The molecule has 12 heteroatoms. The minimum absolute atomic E-state index is 0.201. The minimum atomic E-state index is -5.06. The molecule has 9 nitrogen and oxygen atoms in total. The van der Waals surface area contributed by atoms with E-state index in [2.05, 4.69) is 5.32 Å². The number of amides is 2. The molecule has 3 saturated heterocycles.